The van der Waals surface area contributed by atoms with Crippen molar-refractivity contribution in [2.24, 2.45) is 0 Å². The van der Waals surface area contributed by atoms with Crippen molar-refractivity contribution in [3.63, 3.8) is 0 Å². The number of hydrogen-bond donors (Lipinski definition) is 2. The van der Waals surface area contributed by atoms with E-state index in [9.17, 15) is 9.50 Å². The average Bonchev–Trinajstić information content (AvgIpc) is 3.21. The van der Waals surface area contributed by atoms with Gasteiger partial charge in [-0.3, -0.25) is 0 Å². The van der Waals surface area contributed by atoms with Crippen LogP contribution < -0.4 is 10.2 Å². The maximum atomic E-state index is 14.7. The molecule has 0 saturated carbocycles. The molecule has 2 aliphatic heterocycles. The minimum Gasteiger partial charge on any atom is -0.394 e. The molecule has 32 heavy (non-hydrogen) atoms. The molecular weight excluding hydrogens is 411 g/mol. The van der Waals surface area contributed by atoms with E-state index in [1.165, 1.54) is 0 Å². The fourth-order valence-corrected chi connectivity index (χ4v) is 4.80. The van der Waals surface area contributed by atoms with Gasteiger partial charge < -0.3 is 20.1 Å². The summed E-state index contributed by atoms with van der Waals surface area (Å²) in [6.45, 7) is 6.91. The van der Waals surface area contributed by atoms with Crippen LogP contribution in [-0.2, 0) is 4.74 Å². The van der Waals surface area contributed by atoms with Gasteiger partial charge in [0.05, 0.1) is 31.0 Å². The molecule has 1 aromatic carbocycles. The van der Waals surface area contributed by atoms with E-state index >= 15 is 0 Å². The molecular formula is C23H29FN6O2. The smallest absolute Gasteiger partial charge is 0.159 e. The molecule has 9 heteroatoms. The maximum Gasteiger partial charge on any atom is 0.159 e. The van der Waals surface area contributed by atoms with E-state index < -0.39 is 6.17 Å². The largest absolute Gasteiger partial charge is 0.394 e. The minimum absolute atomic E-state index is 0.0222. The fraction of sp³-hybridized carbons (Fsp3) is 0.522. The first kappa shape index (κ1) is 21.2. The SMILES string of the molecule is Cc1nc(N2CCO[C@@H](CO)C2)cc(-n2ncc3cc(C)c([C@@H]4CCNC[C@@H]4F)cc32)n1. The first-order chi connectivity index (χ1) is 15.5. The molecule has 2 aliphatic rings. The zero-order valence-electron chi connectivity index (χ0n) is 18.5. The van der Waals surface area contributed by atoms with Crippen LogP contribution in [0, 0.1) is 13.8 Å². The topological polar surface area (TPSA) is 88.3 Å². The first-order valence-corrected chi connectivity index (χ1v) is 11.2. The number of nitrogens with zero attached hydrogens (tertiary/aromatic N) is 5. The van der Waals surface area contributed by atoms with Crippen molar-refractivity contribution < 1.29 is 14.2 Å². The zero-order chi connectivity index (χ0) is 22.2. The molecule has 2 fully saturated rings. The molecule has 2 saturated heterocycles. The number of ether oxygens (including phenoxy) is 1. The third kappa shape index (κ3) is 3.96. The zero-order valence-corrected chi connectivity index (χ0v) is 18.5. The average molecular weight is 441 g/mol. The molecule has 2 aromatic heterocycles. The third-order valence-corrected chi connectivity index (χ3v) is 6.46. The van der Waals surface area contributed by atoms with Crippen molar-refractivity contribution >= 4 is 16.7 Å². The predicted octanol–water partition coefficient (Wildman–Crippen LogP) is 2.04. The molecule has 5 rings (SSSR count). The number of morpholine rings is 1. The molecule has 3 aromatic rings. The summed E-state index contributed by atoms with van der Waals surface area (Å²) >= 11 is 0. The van der Waals surface area contributed by atoms with E-state index in [1.807, 2.05) is 30.8 Å². The highest BCUT2D eigenvalue weighted by atomic mass is 19.1. The van der Waals surface area contributed by atoms with E-state index in [0.717, 1.165) is 40.8 Å². The molecule has 170 valence electrons. The molecule has 0 aliphatic carbocycles. The van der Waals surface area contributed by atoms with Gasteiger partial charge in [0.2, 0.25) is 0 Å². The van der Waals surface area contributed by atoms with Crippen LogP contribution in [-0.4, -0.2) is 76.5 Å². The number of aliphatic hydroxyl groups excluding tert-OH is 1. The van der Waals surface area contributed by atoms with Crippen molar-refractivity contribution in [1.29, 1.82) is 0 Å². The minimum atomic E-state index is -0.898. The van der Waals surface area contributed by atoms with Crippen LogP contribution >= 0.6 is 0 Å². The Balaban J connectivity index is 1.54. The van der Waals surface area contributed by atoms with Crippen molar-refractivity contribution in [3.05, 3.63) is 41.3 Å². The summed E-state index contributed by atoms with van der Waals surface area (Å²) in [7, 11) is 0. The normalized spacial score (nSPS) is 24.2. The Labute approximate surface area is 186 Å². The standard InChI is InChI=1S/C23H29FN6O2/c1-14-7-16-10-26-30(21(16)8-19(14)18-3-4-25-11-20(18)24)23-9-22(27-15(2)28-23)29-5-6-32-17(12-29)13-31/h7-10,17-18,20,25,31H,3-6,11-13H2,1-2H3/t17-,18+,20+/m1/s1. The summed E-state index contributed by atoms with van der Waals surface area (Å²) in [5.74, 6) is 1.98. The summed E-state index contributed by atoms with van der Waals surface area (Å²) in [5, 5.41) is 18.2. The van der Waals surface area contributed by atoms with Crippen LogP contribution in [0.15, 0.2) is 24.4 Å². The summed E-state index contributed by atoms with van der Waals surface area (Å²) in [6.07, 6.45) is 1.48. The van der Waals surface area contributed by atoms with E-state index in [0.29, 0.717) is 37.9 Å². The van der Waals surface area contributed by atoms with Crippen molar-refractivity contribution in [2.45, 2.75) is 38.5 Å². The Hall–Kier alpha value is -2.62. The van der Waals surface area contributed by atoms with Gasteiger partial charge in [-0.15, -0.1) is 0 Å². The molecule has 0 amide bonds. The molecule has 0 unspecified atom stereocenters. The van der Waals surface area contributed by atoms with Crippen molar-refractivity contribution in [1.82, 2.24) is 25.1 Å². The van der Waals surface area contributed by atoms with Gasteiger partial charge in [0.15, 0.2) is 5.82 Å². The van der Waals surface area contributed by atoms with Gasteiger partial charge >= 0.3 is 0 Å². The number of alkyl halides is 1. The quantitative estimate of drug-likeness (QED) is 0.642. The van der Waals surface area contributed by atoms with Crippen LogP contribution in [0.4, 0.5) is 10.2 Å². The lowest BCUT2D eigenvalue weighted by Gasteiger charge is -2.33. The molecule has 3 atom stereocenters. The molecule has 4 heterocycles. The number of aromatic nitrogens is 4. The summed E-state index contributed by atoms with van der Waals surface area (Å²) in [4.78, 5) is 11.4. The second-order valence-electron chi connectivity index (χ2n) is 8.69. The Kier molecular flexibility index (Phi) is 5.79. The van der Waals surface area contributed by atoms with E-state index in [-0.39, 0.29) is 18.6 Å². The molecule has 0 bridgehead atoms. The maximum absolute atomic E-state index is 14.7. The molecule has 8 nitrogen and oxygen atoms in total. The summed E-state index contributed by atoms with van der Waals surface area (Å²) in [5.41, 5.74) is 3.04. The fourth-order valence-electron chi connectivity index (χ4n) is 4.80. The van der Waals surface area contributed by atoms with Crippen LogP contribution in [0.5, 0.6) is 0 Å². The number of nitrogens with one attached hydrogen (secondary N) is 1. The predicted molar refractivity (Wildman–Crippen MR) is 120 cm³/mol. The highest BCUT2D eigenvalue weighted by molar-refractivity contribution is 5.82. The number of anilines is 1. The Bertz CT molecular complexity index is 1120. The second kappa shape index (κ2) is 8.73. The third-order valence-electron chi connectivity index (χ3n) is 6.46. The van der Waals surface area contributed by atoms with Gasteiger partial charge in [0.25, 0.3) is 0 Å². The van der Waals surface area contributed by atoms with E-state index in [2.05, 4.69) is 37.4 Å². The monoisotopic (exact) mass is 440 g/mol. The molecule has 0 radical (unpaired) electrons. The summed E-state index contributed by atoms with van der Waals surface area (Å²) in [6, 6.07) is 6.08. The number of aliphatic hydroxyl groups is 1. The number of rotatable bonds is 4. The van der Waals surface area contributed by atoms with Crippen molar-refractivity contribution in [3.8, 4) is 5.82 Å². The van der Waals surface area contributed by atoms with Gasteiger partial charge in [-0.1, -0.05) is 0 Å². The van der Waals surface area contributed by atoms with Crippen LogP contribution in [0.25, 0.3) is 16.7 Å². The van der Waals surface area contributed by atoms with Crippen LogP contribution in [0.2, 0.25) is 0 Å². The van der Waals surface area contributed by atoms with Gasteiger partial charge in [-0.25, -0.2) is 19.0 Å². The van der Waals surface area contributed by atoms with Crippen LogP contribution in [0.1, 0.15) is 29.3 Å². The highest BCUT2D eigenvalue weighted by Gasteiger charge is 2.28. The Morgan fingerprint density at radius 2 is 2.06 bits per heavy atom. The number of benzene rings is 1. The highest BCUT2D eigenvalue weighted by Crippen LogP contribution is 2.33. The number of hydrogen-bond acceptors (Lipinski definition) is 7. The van der Waals surface area contributed by atoms with Crippen molar-refractivity contribution in [2.75, 3.05) is 44.3 Å². The molecule has 2 N–H and O–H groups in total. The number of halogens is 1. The Morgan fingerprint density at radius 1 is 1.22 bits per heavy atom. The Morgan fingerprint density at radius 3 is 2.88 bits per heavy atom. The lowest BCUT2D eigenvalue weighted by atomic mass is 9.85. The lowest BCUT2D eigenvalue weighted by molar-refractivity contribution is 0.00335. The van der Waals surface area contributed by atoms with Gasteiger partial charge in [0, 0.05) is 37.0 Å². The number of piperidine rings is 1. The first-order valence-electron chi connectivity index (χ1n) is 11.2. The second-order valence-corrected chi connectivity index (χ2v) is 8.69. The van der Waals surface area contributed by atoms with E-state index in [1.54, 1.807) is 0 Å². The number of fused-ring (bicyclic) bond motifs is 1. The molecule has 0 spiro atoms. The lowest BCUT2D eigenvalue weighted by Crippen LogP contribution is -2.44. The van der Waals surface area contributed by atoms with Gasteiger partial charge in [0.1, 0.15) is 17.8 Å². The summed E-state index contributed by atoms with van der Waals surface area (Å²) < 4.78 is 22.1. The van der Waals surface area contributed by atoms with Crippen LogP contribution in [0.3, 0.4) is 0 Å². The van der Waals surface area contributed by atoms with E-state index in [4.69, 9.17) is 4.74 Å². The van der Waals surface area contributed by atoms with Gasteiger partial charge in [-0.05, 0) is 50.1 Å². The van der Waals surface area contributed by atoms with Gasteiger partial charge in [-0.2, -0.15) is 5.10 Å². The number of aryl methyl sites for hydroxylation is 2.